The highest BCUT2D eigenvalue weighted by Gasteiger charge is 2.69. The average Bonchev–Trinajstić information content (AvgIpc) is 2.96. The van der Waals surface area contributed by atoms with E-state index in [1.54, 1.807) is 0 Å². The summed E-state index contributed by atoms with van der Waals surface area (Å²) in [5.41, 5.74) is -15.8. The van der Waals surface area contributed by atoms with Crippen molar-refractivity contribution in [2.24, 2.45) is 0 Å². The molecule has 160 valence electrons. The second-order valence-electron chi connectivity index (χ2n) is 5.56. The molecule has 16 heteroatoms. The summed E-state index contributed by atoms with van der Waals surface area (Å²) < 4.78 is 124. The van der Waals surface area contributed by atoms with Crippen LogP contribution in [0.2, 0.25) is 0 Å². The summed E-state index contributed by atoms with van der Waals surface area (Å²) in [6.45, 7) is 1.42. The molecule has 0 spiro atoms. The monoisotopic (exact) mass is 458 g/mol. The molecule has 0 aliphatic carbocycles. The number of alkyl halides is 6. The highest BCUT2D eigenvalue weighted by atomic mass is 32.3. The maximum atomic E-state index is 13.1. The van der Waals surface area contributed by atoms with Gasteiger partial charge in [-0.05, 0) is 25.5 Å². The van der Waals surface area contributed by atoms with Crippen molar-refractivity contribution in [2.75, 3.05) is 0 Å². The summed E-state index contributed by atoms with van der Waals surface area (Å²) in [6.07, 6.45) is -0.911. The van der Waals surface area contributed by atoms with E-state index in [-0.39, 0.29) is 16.7 Å². The van der Waals surface area contributed by atoms with E-state index in [1.165, 1.54) is 24.3 Å². The molecule has 1 aliphatic rings. The Morgan fingerprint density at radius 1 is 0.893 bits per heavy atom. The first kappa shape index (κ1) is 22.5. The molecule has 0 saturated carbocycles. The summed E-state index contributed by atoms with van der Waals surface area (Å²) in [5, 5.41) is -0.0375. The van der Waals surface area contributed by atoms with Gasteiger partial charge in [-0.15, -0.1) is 0 Å². The summed E-state index contributed by atoms with van der Waals surface area (Å²) >= 11 is 0. The molecular formula is C12H12F6N2O6S2. The first-order valence-electron chi connectivity index (χ1n) is 7.18. The lowest BCUT2D eigenvalue weighted by Gasteiger charge is -2.40. The molecule has 0 saturated heterocycles. The highest BCUT2D eigenvalue weighted by molar-refractivity contribution is 8.04. The highest BCUT2D eigenvalue weighted by Crippen LogP contribution is 2.45. The minimum Gasteiger partial charge on any atom is -0.365 e. The Kier molecular flexibility index (Phi) is 5.33. The van der Waals surface area contributed by atoms with Crippen LogP contribution in [0.4, 0.5) is 26.3 Å². The second kappa shape index (κ2) is 6.64. The van der Waals surface area contributed by atoms with Gasteiger partial charge in [-0.1, -0.05) is 22.8 Å². The Morgan fingerprint density at radius 2 is 1.25 bits per heavy atom. The van der Waals surface area contributed by atoms with Gasteiger partial charge in [0.2, 0.25) is 0 Å². The smallest absolute Gasteiger partial charge is 0.365 e. The normalized spacial score (nSPS) is 18.3. The molecule has 0 N–H and O–H groups in total. The van der Waals surface area contributed by atoms with E-state index in [4.69, 9.17) is 9.68 Å². The van der Waals surface area contributed by atoms with E-state index < -0.39 is 46.9 Å². The number of nitrogens with zero attached hydrogens (tertiary/aromatic N) is 2. The summed E-state index contributed by atoms with van der Waals surface area (Å²) in [4.78, 5) is 9.93. The van der Waals surface area contributed by atoms with Crippen LogP contribution in [0.15, 0.2) is 24.3 Å². The van der Waals surface area contributed by atoms with Gasteiger partial charge in [-0.3, -0.25) is 0 Å². The fourth-order valence-corrected chi connectivity index (χ4v) is 5.50. The fourth-order valence-electron chi connectivity index (χ4n) is 2.15. The molecule has 0 aromatic heterocycles. The van der Waals surface area contributed by atoms with Gasteiger partial charge in [0.15, 0.2) is 17.2 Å². The van der Waals surface area contributed by atoms with Gasteiger partial charge >= 0.3 is 31.1 Å². The molecule has 1 heterocycles. The SMILES string of the molecule is CCC(C)(N1Oc2ccccc2O1)N(S(=O)(=O)C(F)(F)F)S(=O)(=O)C(F)(F)F. The second-order valence-corrected chi connectivity index (χ2v) is 9.34. The van der Waals surface area contributed by atoms with Crippen molar-refractivity contribution in [1.82, 2.24) is 8.94 Å². The van der Waals surface area contributed by atoms with Crippen LogP contribution < -0.4 is 9.68 Å². The zero-order valence-corrected chi connectivity index (χ0v) is 15.6. The van der Waals surface area contributed by atoms with Gasteiger partial charge in [0, 0.05) is 0 Å². The molecule has 0 fully saturated rings. The maximum absolute atomic E-state index is 13.1. The van der Waals surface area contributed by atoms with Gasteiger partial charge in [-0.2, -0.15) is 26.3 Å². The maximum Gasteiger partial charge on any atom is 0.512 e. The van der Waals surface area contributed by atoms with Crippen molar-refractivity contribution >= 4 is 20.0 Å². The summed E-state index contributed by atoms with van der Waals surface area (Å²) in [5.74, 6) is -0.369. The molecule has 8 nitrogen and oxygen atoms in total. The number of hydrogen-bond acceptors (Lipinski definition) is 7. The minimum atomic E-state index is -7.05. The fraction of sp³-hybridized carbons (Fsp3) is 0.500. The minimum absolute atomic E-state index is 0.0375. The molecule has 0 radical (unpaired) electrons. The van der Waals surface area contributed by atoms with Crippen molar-refractivity contribution in [3.8, 4) is 11.5 Å². The van der Waals surface area contributed by atoms with Gasteiger partial charge < -0.3 is 9.68 Å². The predicted molar refractivity (Wildman–Crippen MR) is 80.0 cm³/mol. The number of para-hydroxylation sites is 2. The first-order chi connectivity index (χ1) is 12.5. The van der Waals surface area contributed by atoms with Crippen LogP contribution in [0.25, 0.3) is 0 Å². The Hall–Kier alpha value is -1.78. The van der Waals surface area contributed by atoms with Crippen molar-refractivity contribution in [2.45, 2.75) is 36.9 Å². The summed E-state index contributed by atoms with van der Waals surface area (Å²) in [7, 11) is -14.1. The number of hydrogen-bond donors (Lipinski definition) is 0. The summed E-state index contributed by atoms with van der Waals surface area (Å²) in [6, 6.07) is 5.19. The van der Waals surface area contributed by atoms with Crippen molar-refractivity contribution in [3.63, 3.8) is 0 Å². The number of hydroxylamine groups is 2. The van der Waals surface area contributed by atoms with E-state index in [9.17, 15) is 43.2 Å². The molecular weight excluding hydrogens is 446 g/mol. The lowest BCUT2D eigenvalue weighted by molar-refractivity contribution is -0.306. The number of fused-ring (bicyclic) bond motifs is 1. The van der Waals surface area contributed by atoms with Crippen LogP contribution in [0.1, 0.15) is 20.3 Å². The van der Waals surface area contributed by atoms with E-state index in [1.807, 2.05) is 0 Å². The molecule has 1 aliphatic heterocycles. The zero-order valence-electron chi connectivity index (χ0n) is 13.9. The van der Waals surface area contributed by atoms with Gasteiger partial charge in [-0.25, -0.2) is 16.8 Å². The topological polar surface area (TPSA) is 93.2 Å². The quantitative estimate of drug-likeness (QED) is 0.627. The number of halogens is 6. The van der Waals surface area contributed by atoms with E-state index >= 15 is 0 Å². The van der Waals surface area contributed by atoms with Crippen molar-refractivity contribution in [3.05, 3.63) is 24.3 Å². The van der Waals surface area contributed by atoms with Crippen molar-refractivity contribution in [1.29, 1.82) is 0 Å². The lowest BCUT2D eigenvalue weighted by atomic mass is 10.2. The van der Waals surface area contributed by atoms with Crippen LogP contribution in [0, 0.1) is 0 Å². The molecule has 0 amide bonds. The molecule has 1 atom stereocenters. The van der Waals surface area contributed by atoms with Gasteiger partial charge in [0.05, 0.1) is 5.23 Å². The third kappa shape index (κ3) is 3.37. The van der Waals surface area contributed by atoms with Gasteiger partial charge in [0.25, 0.3) is 0 Å². The molecule has 2 rings (SSSR count). The van der Waals surface area contributed by atoms with Crippen LogP contribution in [0.3, 0.4) is 0 Å². The van der Waals surface area contributed by atoms with Crippen molar-refractivity contribution < 1.29 is 52.9 Å². The molecule has 28 heavy (non-hydrogen) atoms. The Balaban J connectivity index is 2.71. The third-order valence-corrected chi connectivity index (χ3v) is 7.70. The molecule has 1 unspecified atom stereocenters. The third-order valence-electron chi connectivity index (χ3n) is 3.69. The largest absolute Gasteiger partial charge is 0.512 e. The van der Waals surface area contributed by atoms with E-state index in [0.717, 1.165) is 6.92 Å². The first-order valence-corrected chi connectivity index (χ1v) is 10.1. The molecule has 0 bridgehead atoms. The number of benzene rings is 1. The Morgan fingerprint density at radius 3 is 1.54 bits per heavy atom. The van der Waals surface area contributed by atoms with Crippen LogP contribution in [-0.2, 0) is 20.0 Å². The van der Waals surface area contributed by atoms with Gasteiger partial charge in [0.1, 0.15) is 0 Å². The van der Waals surface area contributed by atoms with E-state index in [0.29, 0.717) is 6.92 Å². The lowest BCUT2D eigenvalue weighted by Crippen LogP contribution is -2.66. The molecule has 1 aromatic carbocycles. The van der Waals surface area contributed by atoms with E-state index in [2.05, 4.69) is 0 Å². The standard InChI is InChI=1S/C12H12F6N2O6S2/c1-3-10(2,19-25-8-6-4-5-7-9(8)26-19)20(27(21,22)11(13,14)15)28(23,24)12(16,17)18/h4-7H,3H2,1-2H3. The van der Waals surface area contributed by atoms with Crippen LogP contribution in [-0.4, -0.2) is 42.5 Å². The van der Waals surface area contributed by atoms with Crippen LogP contribution >= 0.6 is 0 Å². The average molecular weight is 458 g/mol. The number of rotatable bonds is 5. The predicted octanol–water partition coefficient (Wildman–Crippen LogP) is 2.72. The van der Waals surface area contributed by atoms with Crippen LogP contribution in [0.5, 0.6) is 11.5 Å². The zero-order chi connectivity index (χ0) is 21.8. The molecule has 1 aromatic rings. The Bertz CT molecular complexity index is 893. The Labute approximate surface area is 155 Å². The number of sulfonamides is 2.